The van der Waals surface area contributed by atoms with Crippen molar-refractivity contribution in [1.29, 1.82) is 0 Å². The van der Waals surface area contributed by atoms with E-state index in [1.807, 2.05) is 29.2 Å². The molecule has 0 aliphatic carbocycles. The van der Waals surface area contributed by atoms with Gasteiger partial charge in [-0.3, -0.25) is 14.0 Å². The monoisotopic (exact) mass is 505 g/mol. The maximum Gasteiger partial charge on any atom is 0.416 e. The summed E-state index contributed by atoms with van der Waals surface area (Å²) in [5.41, 5.74) is 1.29. The number of benzene rings is 2. The number of hydrogen-bond acceptors (Lipinski definition) is 4. The molecule has 2 heterocycles. The zero-order valence-electron chi connectivity index (χ0n) is 20.1. The lowest BCUT2D eigenvalue weighted by molar-refractivity contribution is -0.137. The van der Waals surface area contributed by atoms with Crippen LogP contribution in [0.1, 0.15) is 12.5 Å². The van der Waals surface area contributed by atoms with Crippen molar-refractivity contribution in [2.24, 2.45) is 0 Å². The number of carboxylic acid groups (broad SMARTS) is 1. The Labute approximate surface area is 206 Å². The summed E-state index contributed by atoms with van der Waals surface area (Å²) in [5.74, 6) is 0. The Morgan fingerprint density at radius 3 is 2.17 bits per heavy atom. The topological polar surface area (TPSA) is 74.0 Å². The first-order valence-electron chi connectivity index (χ1n) is 12.0. The van der Waals surface area contributed by atoms with Crippen molar-refractivity contribution in [3.05, 3.63) is 64.6 Å². The second-order valence-electron chi connectivity index (χ2n) is 8.81. The highest BCUT2D eigenvalue weighted by Crippen LogP contribution is 2.31. The number of para-hydroxylation sites is 2. The molecule has 194 valence electrons. The maximum absolute atomic E-state index is 13.2. The van der Waals surface area contributed by atoms with Crippen LogP contribution in [0.4, 0.5) is 23.7 Å². The number of amides is 1. The van der Waals surface area contributed by atoms with Gasteiger partial charge in [-0.1, -0.05) is 18.2 Å². The minimum atomic E-state index is -4.37. The molecule has 4 rings (SSSR count). The molecule has 1 aromatic heterocycles. The van der Waals surface area contributed by atoms with Gasteiger partial charge in [0, 0.05) is 64.6 Å². The number of hydrogen-bond donors (Lipinski definition) is 1. The Morgan fingerprint density at radius 2 is 1.58 bits per heavy atom. The first-order valence-corrected chi connectivity index (χ1v) is 12.0. The van der Waals surface area contributed by atoms with E-state index in [1.54, 1.807) is 22.1 Å². The van der Waals surface area contributed by atoms with Crippen LogP contribution >= 0.6 is 0 Å². The van der Waals surface area contributed by atoms with Gasteiger partial charge < -0.3 is 14.9 Å². The van der Waals surface area contributed by atoms with Crippen LogP contribution in [0, 0.1) is 0 Å². The van der Waals surface area contributed by atoms with E-state index in [-0.39, 0.29) is 18.8 Å². The molecule has 0 radical (unpaired) electrons. The summed E-state index contributed by atoms with van der Waals surface area (Å²) >= 11 is 0. The predicted molar refractivity (Wildman–Crippen MR) is 132 cm³/mol. The molecule has 8 nitrogen and oxygen atoms in total. The van der Waals surface area contributed by atoms with Gasteiger partial charge in [-0.05, 0) is 37.3 Å². The highest BCUT2D eigenvalue weighted by atomic mass is 19.4. The molecule has 3 aromatic rings. The van der Waals surface area contributed by atoms with E-state index in [0.29, 0.717) is 51.5 Å². The summed E-state index contributed by atoms with van der Waals surface area (Å²) in [6.07, 6.45) is -5.38. The van der Waals surface area contributed by atoms with Gasteiger partial charge in [0.05, 0.1) is 16.6 Å². The Kier molecular flexibility index (Phi) is 7.58. The number of rotatable bonds is 8. The normalized spacial score (nSPS) is 14.9. The summed E-state index contributed by atoms with van der Waals surface area (Å²) in [7, 11) is 0. The van der Waals surface area contributed by atoms with Crippen molar-refractivity contribution >= 4 is 22.8 Å². The number of alkyl halides is 3. The molecule has 36 heavy (non-hydrogen) atoms. The van der Waals surface area contributed by atoms with Crippen LogP contribution in [0.5, 0.6) is 0 Å². The van der Waals surface area contributed by atoms with E-state index in [2.05, 4.69) is 4.90 Å². The van der Waals surface area contributed by atoms with Gasteiger partial charge in [0.1, 0.15) is 0 Å². The lowest BCUT2D eigenvalue weighted by Crippen LogP contribution is -2.47. The van der Waals surface area contributed by atoms with Gasteiger partial charge in [0.25, 0.3) is 0 Å². The second-order valence-corrected chi connectivity index (χ2v) is 8.81. The minimum Gasteiger partial charge on any atom is -0.465 e. The molecule has 1 amide bonds. The molecular weight excluding hydrogens is 475 g/mol. The van der Waals surface area contributed by atoms with Crippen molar-refractivity contribution in [2.75, 3.05) is 50.7 Å². The van der Waals surface area contributed by atoms with E-state index >= 15 is 0 Å². The summed E-state index contributed by atoms with van der Waals surface area (Å²) in [4.78, 5) is 30.0. The van der Waals surface area contributed by atoms with Crippen LogP contribution in [-0.2, 0) is 19.3 Å². The van der Waals surface area contributed by atoms with Crippen molar-refractivity contribution in [2.45, 2.75) is 26.2 Å². The lowest BCUT2D eigenvalue weighted by atomic mass is 10.1. The Hall–Kier alpha value is -3.47. The molecule has 2 aromatic carbocycles. The molecular formula is C25H30F3N5O3. The van der Waals surface area contributed by atoms with Crippen molar-refractivity contribution in [3.8, 4) is 0 Å². The molecule has 1 saturated heterocycles. The summed E-state index contributed by atoms with van der Waals surface area (Å²) in [6.45, 7) is 6.22. The Balaban J connectivity index is 1.41. The number of anilines is 1. The minimum absolute atomic E-state index is 0.180. The van der Waals surface area contributed by atoms with E-state index in [4.69, 9.17) is 0 Å². The fourth-order valence-electron chi connectivity index (χ4n) is 4.66. The van der Waals surface area contributed by atoms with Crippen LogP contribution < -0.4 is 10.6 Å². The average Bonchev–Trinajstić information content (AvgIpc) is 3.13. The first kappa shape index (κ1) is 25.6. The highest BCUT2D eigenvalue weighted by Gasteiger charge is 2.31. The number of nitrogens with zero attached hydrogens (tertiary/aromatic N) is 5. The van der Waals surface area contributed by atoms with Crippen molar-refractivity contribution < 1.29 is 23.1 Å². The van der Waals surface area contributed by atoms with Crippen LogP contribution in [0.3, 0.4) is 0 Å². The molecule has 1 N–H and O–H groups in total. The summed E-state index contributed by atoms with van der Waals surface area (Å²) < 4.78 is 42.5. The van der Waals surface area contributed by atoms with Gasteiger partial charge in [-0.2, -0.15) is 13.2 Å². The number of piperazine rings is 1. The highest BCUT2D eigenvalue weighted by molar-refractivity contribution is 5.76. The largest absolute Gasteiger partial charge is 0.465 e. The number of carbonyl (C=O) groups is 1. The third kappa shape index (κ3) is 5.51. The molecule has 11 heteroatoms. The van der Waals surface area contributed by atoms with E-state index < -0.39 is 17.8 Å². The van der Waals surface area contributed by atoms with Gasteiger partial charge >= 0.3 is 18.0 Å². The van der Waals surface area contributed by atoms with E-state index in [1.165, 1.54) is 17.0 Å². The van der Waals surface area contributed by atoms with Gasteiger partial charge in [-0.15, -0.1) is 0 Å². The lowest BCUT2D eigenvalue weighted by Gasteiger charge is -2.36. The van der Waals surface area contributed by atoms with E-state index in [9.17, 15) is 27.9 Å². The Bertz CT molecular complexity index is 1260. The second kappa shape index (κ2) is 10.7. The molecule has 1 aliphatic rings. The molecule has 0 spiro atoms. The zero-order chi connectivity index (χ0) is 25.9. The smallest absolute Gasteiger partial charge is 0.416 e. The van der Waals surface area contributed by atoms with Crippen molar-refractivity contribution in [1.82, 2.24) is 18.9 Å². The third-order valence-electron chi connectivity index (χ3n) is 6.72. The summed E-state index contributed by atoms with van der Waals surface area (Å²) in [6, 6.07) is 12.9. The molecule has 0 bridgehead atoms. The number of halogens is 3. The summed E-state index contributed by atoms with van der Waals surface area (Å²) in [5, 5.41) is 9.28. The van der Waals surface area contributed by atoms with Crippen LogP contribution in [0.15, 0.2) is 53.3 Å². The fraction of sp³-hybridized carbons (Fsp3) is 0.440. The van der Waals surface area contributed by atoms with Gasteiger partial charge in [0.15, 0.2) is 0 Å². The molecule has 0 atom stereocenters. The van der Waals surface area contributed by atoms with Gasteiger partial charge in [0.2, 0.25) is 0 Å². The van der Waals surface area contributed by atoms with Crippen molar-refractivity contribution in [3.63, 3.8) is 0 Å². The SMILES string of the molecule is CCN(CCn1c(=O)n(CCN2CCN(c3cccc(C(F)(F)F)c3)CC2)c2ccccc21)C(=O)O. The maximum atomic E-state index is 13.2. The molecule has 1 aliphatic heterocycles. The third-order valence-corrected chi connectivity index (χ3v) is 6.72. The first-order chi connectivity index (χ1) is 17.2. The Morgan fingerprint density at radius 1 is 0.944 bits per heavy atom. The van der Waals surface area contributed by atoms with Gasteiger partial charge in [-0.25, -0.2) is 9.59 Å². The molecule has 0 unspecified atom stereocenters. The quantitative estimate of drug-likeness (QED) is 0.506. The average molecular weight is 506 g/mol. The molecule has 1 fully saturated rings. The van der Waals surface area contributed by atoms with Crippen LogP contribution in [0.2, 0.25) is 0 Å². The number of likely N-dealkylation sites (N-methyl/N-ethyl adjacent to an activating group) is 1. The number of aromatic nitrogens is 2. The zero-order valence-corrected chi connectivity index (χ0v) is 20.1. The fourth-order valence-corrected chi connectivity index (χ4v) is 4.66. The van der Waals surface area contributed by atoms with Crippen LogP contribution in [0.25, 0.3) is 11.0 Å². The predicted octanol–water partition coefficient (Wildman–Crippen LogP) is 3.64. The standard InChI is InChI=1S/C25H30F3N5O3/c1-2-30(24(35)36)15-17-33-22-9-4-3-8-21(22)32(23(33)34)16-12-29-10-13-31(14-11-29)20-7-5-6-19(18-20)25(26,27)28/h3-9,18H,2,10-17H2,1H3,(H,35,36). The number of imidazole rings is 1. The number of fused-ring (bicyclic) bond motifs is 1. The van der Waals surface area contributed by atoms with E-state index in [0.717, 1.165) is 17.1 Å². The molecule has 0 saturated carbocycles. The van der Waals surface area contributed by atoms with Crippen LogP contribution in [-0.4, -0.2) is 75.9 Å².